The molecule has 1 N–H and O–H groups in total. The number of hydrogen-bond acceptors (Lipinski definition) is 4. The number of rotatable bonds is 6. The quantitative estimate of drug-likeness (QED) is 0.646. The number of carbonyl (C=O) groups is 2. The summed E-state index contributed by atoms with van der Waals surface area (Å²) in [5, 5.41) is 2.64. The van der Waals surface area contributed by atoms with E-state index in [1.807, 2.05) is 19.9 Å². The maximum atomic E-state index is 12.0. The molecule has 1 atom stereocenters. The fourth-order valence-electron chi connectivity index (χ4n) is 1.70. The molecule has 122 valence electrons. The second-order valence-corrected chi connectivity index (χ2v) is 6.41. The van der Waals surface area contributed by atoms with Crippen LogP contribution in [0, 0.1) is 5.92 Å². The second kappa shape index (κ2) is 7.94. The number of benzene rings is 1. The molecule has 5 nitrogen and oxygen atoms in total. The first-order valence-electron chi connectivity index (χ1n) is 7.38. The number of ether oxygens (including phenoxy) is 2. The summed E-state index contributed by atoms with van der Waals surface area (Å²) in [5.74, 6) is -0.117. The van der Waals surface area contributed by atoms with Gasteiger partial charge in [-0.1, -0.05) is 44.2 Å². The van der Waals surface area contributed by atoms with Crippen LogP contribution >= 0.6 is 0 Å². The van der Waals surface area contributed by atoms with Gasteiger partial charge in [-0.2, -0.15) is 0 Å². The molecule has 0 radical (unpaired) electrons. The molecule has 1 rings (SSSR count). The third kappa shape index (κ3) is 6.72. The summed E-state index contributed by atoms with van der Waals surface area (Å²) in [6, 6.07) is 8.91. The summed E-state index contributed by atoms with van der Waals surface area (Å²) in [5.41, 5.74) is 0.00753. The van der Waals surface area contributed by atoms with Crippen LogP contribution in [0.25, 0.3) is 0 Å². The summed E-state index contributed by atoms with van der Waals surface area (Å²) in [6.45, 7) is 9.07. The van der Waals surface area contributed by atoms with Gasteiger partial charge in [-0.25, -0.2) is 4.79 Å². The van der Waals surface area contributed by atoms with E-state index < -0.39 is 17.9 Å². The lowest BCUT2D eigenvalue weighted by molar-refractivity contribution is -0.00973. The summed E-state index contributed by atoms with van der Waals surface area (Å²) in [7, 11) is 0. The van der Waals surface area contributed by atoms with Crippen LogP contribution in [0.15, 0.2) is 30.3 Å². The lowest BCUT2D eigenvalue weighted by atomic mass is 10.1. The van der Waals surface area contributed by atoms with Crippen LogP contribution in [0.1, 0.15) is 45.0 Å². The van der Waals surface area contributed by atoms with E-state index in [9.17, 15) is 9.59 Å². The molecular weight excluding hydrogens is 282 g/mol. The standard InChI is InChI=1S/C17H25NO4/c1-12(2)15(18-16(20)22-17(3,4)5)21-11-14(19)13-9-7-6-8-10-13/h6-10,12,15H,11H2,1-5H3,(H,18,20). The number of ketones is 1. The Kier molecular flexibility index (Phi) is 6.56. The lowest BCUT2D eigenvalue weighted by Crippen LogP contribution is -2.44. The van der Waals surface area contributed by atoms with Crippen molar-refractivity contribution in [1.29, 1.82) is 0 Å². The van der Waals surface area contributed by atoms with Gasteiger partial charge in [0.25, 0.3) is 0 Å². The molecule has 22 heavy (non-hydrogen) atoms. The van der Waals surface area contributed by atoms with Crippen LogP contribution in [-0.2, 0) is 9.47 Å². The van der Waals surface area contributed by atoms with Crippen molar-refractivity contribution in [2.75, 3.05) is 6.61 Å². The zero-order chi connectivity index (χ0) is 16.8. The Balaban J connectivity index is 2.55. The fraction of sp³-hybridized carbons (Fsp3) is 0.529. The van der Waals surface area contributed by atoms with Crippen LogP contribution in [-0.4, -0.2) is 30.3 Å². The number of carbonyl (C=O) groups excluding carboxylic acids is 2. The summed E-state index contributed by atoms with van der Waals surface area (Å²) in [4.78, 5) is 23.8. The molecule has 0 spiro atoms. The van der Waals surface area contributed by atoms with Crippen molar-refractivity contribution in [2.45, 2.75) is 46.4 Å². The Labute approximate surface area is 132 Å². The molecule has 0 saturated heterocycles. The maximum absolute atomic E-state index is 12.0. The summed E-state index contributed by atoms with van der Waals surface area (Å²) < 4.78 is 10.7. The van der Waals surface area contributed by atoms with Gasteiger partial charge in [-0.15, -0.1) is 0 Å². The van der Waals surface area contributed by atoms with Crippen molar-refractivity contribution in [1.82, 2.24) is 5.32 Å². The van der Waals surface area contributed by atoms with Gasteiger partial charge < -0.3 is 9.47 Å². The van der Waals surface area contributed by atoms with Gasteiger partial charge in [-0.3, -0.25) is 10.1 Å². The van der Waals surface area contributed by atoms with Gasteiger partial charge in [0.1, 0.15) is 18.4 Å². The van der Waals surface area contributed by atoms with Crippen molar-refractivity contribution >= 4 is 11.9 Å². The molecule has 1 amide bonds. The van der Waals surface area contributed by atoms with Gasteiger partial charge in [0, 0.05) is 5.56 Å². The number of Topliss-reactive ketones (excluding diaryl/α,β-unsaturated/α-hetero) is 1. The average Bonchev–Trinajstić information content (AvgIpc) is 2.41. The van der Waals surface area contributed by atoms with Crippen molar-refractivity contribution in [2.24, 2.45) is 5.92 Å². The van der Waals surface area contributed by atoms with E-state index in [2.05, 4.69) is 5.32 Å². The highest BCUT2D eigenvalue weighted by Crippen LogP contribution is 2.10. The molecule has 1 aromatic rings. The van der Waals surface area contributed by atoms with Gasteiger partial charge >= 0.3 is 6.09 Å². The van der Waals surface area contributed by atoms with E-state index in [0.717, 1.165) is 0 Å². The maximum Gasteiger partial charge on any atom is 0.409 e. The van der Waals surface area contributed by atoms with Gasteiger partial charge in [0.05, 0.1) is 0 Å². The van der Waals surface area contributed by atoms with Crippen molar-refractivity contribution in [3.8, 4) is 0 Å². The smallest absolute Gasteiger partial charge is 0.409 e. The molecule has 0 fully saturated rings. The molecule has 0 aliphatic carbocycles. The number of alkyl carbamates (subject to hydrolysis) is 1. The molecule has 0 bridgehead atoms. The van der Waals surface area contributed by atoms with Gasteiger partial charge in [-0.05, 0) is 26.7 Å². The number of amides is 1. The van der Waals surface area contributed by atoms with Gasteiger partial charge in [0.2, 0.25) is 0 Å². The zero-order valence-corrected chi connectivity index (χ0v) is 13.9. The van der Waals surface area contributed by atoms with E-state index in [0.29, 0.717) is 5.56 Å². The van der Waals surface area contributed by atoms with E-state index in [1.165, 1.54) is 0 Å². The van der Waals surface area contributed by atoms with Crippen LogP contribution in [0.5, 0.6) is 0 Å². The monoisotopic (exact) mass is 307 g/mol. The average molecular weight is 307 g/mol. The largest absolute Gasteiger partial charge is 0.444 e. The van der Waals surface area contributed by atoms with Crippen molar-refractivity contribution < 1.29 is 19.1 Å². The minimum atomic E-state index is -0.581. The Bertz CT molecular complexity index is 491. The fourth-order valence-corrected chi connectivity index (χ4v) is 1.70. The minimum Gasteiger partial charge on any atom is -0.444 e. The molecule has 1 unspecified atom stereocenters. The first-order chi connectivity index (χ1) is 10.2. The van der Waals surface area contributed by atoms with E-state index >= 15 is 0 Å². The first kappa shape index (κ1) is 18.2. The topological polar surface area (TPSA) is 64.6 Å². The first-order valence-corrected chi connectivity index (χ1v) is 7.38. The van der Waals surface area contributed by atoms with Crippen molar-refractivity contribution in [3.63, 3.8) is 0 Å². The molecule has 5 heteroatoms. The highest BCUT2D eigenvalue weighted by atomic mass is 16.6. The molecular formula is C17H25NO4. The Morgan fingerprint density at radius 1 is 1.14 bits per heavy atom. The summed E-state index contributed by atoms with van der Waals surface area (Å²) >= 11 is 0. The highest BCUT2D eigenvalue weighted by molar-refractivity contribution is 5.97. The van der Waals surface area contributed by atoms with Crippen LogP contribution < -0.4 is 5.32 Å². The van der Waals surface area contributed by atoms with Crippen LogP contribution in [0.2, 0.25) is 0 Å². The molecule has 0 aliphatic heterocycles. The Hall–Kier alpha value is -1.88. The molecule has 0 aliphatic rings. The third-order valence-electron chi connectivity index (χ3n) is 2.75. The van der Waals surface area contributed by atoms with E-state index in [1.54, 1.807) is 45.0 Å². The van der Waals surface area contributed by atoms with Crippen LogP contribution in [0.3, 0.4) is 0 Å². The number of nitrogens with one attached hydrogen (secondary N) is 1. The zero-order valence-electron chi connectivity index (χ0n) is 13.9. The normalized spacial score (nSPS) is 12.8. The molecule has 1 aromatic carbocycles. The van der Waals surface area contributed by atoms with Gasteiger partial charge in [0.15, 0.2) is 5.78 Å². The molecule has 0 aromatic heterocycles. The minimum absolute atomic E-state index is 0.0103. The molecule has 0 heterocycles. The van der Waals surface area contributed by atoms with E-state index in [-0.39, 0.29) is 18.3 Å². The Morgan fingerprint density at radius 3 is 2.23 bits per heavy atom. The predicted octanol–water partition coefficient (Wildman–Crippen LogP) is 3.39. The third-order valence-corrected chi connectivity index (χ3v) is 2.75. The van der Waals surface area contributed by atoms with Crippen LogP contribution in [0.4, 0.5) is 4.79 Å². The second-order valence-electron chi connectivity index (χ2n) is 6.41. The molecule has 0 saturated carbocycles. The number of hydrogen-bond donors (Lipinski definition) is 1. The lowest BCUT2D eigenvalue weighted by Gasteiger charge is -2.25. The predicted molar refractivity (Wildman–Crippen MR) is 84.7 cm³/mol. The van der Waals surface area contributed by atoms with E-state index in [4.69, 9.17) is 9.47 Å². The SMILES string of the molecule is CC(C)C(NC(=O)OC(C)(C)C)OCC(=O)c1ccccc1. The Morgan fingerprint density at radius 2 is 1.73 bits per heavy atom. The highest BCUT2D eigenvalue weighted by Gasteiger charge is 2.22. The summed E-state index contributed by atoms with van der Waals surface area (Å²) in [6.07, 6.45) is -1.14. The van der Waals surface area contributed by atoms with Crippen molar-refractivity contribution in [3.05, 3.63) is 35.9 Å².